The highest BCUT2D eigenvalue weighted by atomic mass is 19.1. The minimum absolute atomic E-state index is 0.00231. The maximum Gasteiger partial charge on any atom is 0.283 e. The van der Waals surface area contributed by atoms with Gasteiger partial charge in [-0.05, 0) is 12.1 Å². The average Bonchev–Trinajstić information content (AvgIpc) is 2.17. The normalized spacial score (nSPS) is 10.5. The Balaban J connectivity index is 2.95. The molecule has 2 aromatic rings. The molecule has 0 bridgehead atoms. The van der Waals surface area contributed by atoms with E-state index in [1.54, 1.807) is 0 Å². The molecule has 0 spiro atoms. The molecule has 2 rings (SSSR count). The predicted molar refractivity (Wildman–Crippen MR) is 49.5 cm³/mol. The Kier molecular flexibility index (Phi) is 1.96. The highest BCUT2D eigenvalue weighted by Gasteiger charge is 2.19. The number of hydrogen-bond acceptors (Lipinski definition) is 3. The first kappa shape index (κ1) is 9.32. The van der Waals surface area contributed by atoms with Gasteiger partial charge in [0, 0.05) is 12.1 Å². The van der Waals surface area contributed by atoms with Crippen molar-refractivity contribution in [2.45, 2.75) is 0 Å². The van der Waals surface area contributed by atoms with E-state index in [1.165, 1.54) is 12.1 Å². The van der Waals surface area contributed by atoms with Crippen LogP contribution in [0.2, 0.25) is 0 Å². The van der Waals surface area contributed by atoms with Crippen LogP contribution in [0.1, 0.15) is 0 Å². The van der Waals surface area contributed by atoms with E-state index < -0.39 is 10.7 Å². The summed E-state index contributed by atoms with van der Waals surface area (Å²) in [5.74, 6) is -0.772. The summed E-state index contributed by atoms with van der Waals surface area (Å²) in [7, 11) is 0. The molecule has 0 fully saturated rings. The number of halogens is 1. The fourth-order valence-corrected chi connectivity index (χ4v) is 1.41. The van der Waals surface area contributed by atoms with Crippen molar-refractivity contribution in [3.8, 4) is 0 Å². The minimum atomic E-state index is -0.772. The molecule has 0 radical (unpaired) electrons. The molecule has 0 amide bonds. The van der Waals surface area contributed by atoms with E-state index in [-0.39, 0.29) is 21.3 Å². The number of non-ortho nitro benzene ring substituents is 1. The second-order valence-electron chi connectivity index (χ2n) is 2.92. The lowest BCUT2D eigenvalue weighted by Crippen LogP contribution is -2.27. The average molecular weight is 208 g/mol. The van der Waals surface area contributed by atoms with Crippen LogP contribution in [0.15, 0.2) is 30.5 Å². The number of fused-ring (bicyclic) bond motifs is 1. The van der Waals surface area contributed by atoms with E-state index in [9.17, 15) is 19.7 Å². The molecular weight excluding hydrogens is 203 g/mol. The molecule has 0 aliphatic rings. The number of aromatic nitrogens is 1. The lowest BCUT2D eigenvalue weighted by atomic mass is 10.2. The van der Waals surface area contributed by atoms with E-state index in [0.717, 1.165) is 18.3 Å². The van der Waals surface area contributed by atoms with Gasteiger partial charge in [0.1, 0.15) is 5.39 Å². The quantitative estimate of drug-likeness (QED) is 0.308. The zero-order chi connectivity index (χ0) is 11.0. The first-order valence-electron chi connectivity index (χ1n) is 4.06. The lowest BCUT2D eigenvalue weighted by Gasteiger charge is -2.01. The second-order valence-corrected chi connectivity index (χ2v) is 2.92. The predicted octanol–water partition coefficient (Wildman–Crippen LogP) is 1.52. The van der Waals surface area contributed by atoms with Gasteiger partial charge in [0.25, 0.3) is 11.2 Å². The molecule has 1 aromatic heterocycles. The summed E-state index contributed by atoms with van der Waals surface area (Å²) in [6.07, 6.45) is 1.09. The topological polar surface area (TPSA) is 70.1 Å². The van der Waals surface area contributed by atoms with Crippen LogP contribution in [0.5, 0.6) is 0 Å². The number of pyridine rings is 1. The van der Waals surface area contributed by atoms with Crippen molar-refractivity contribution in [1.82, 2.24) is 0 Å². The van der Waals surface area contributed by atoms with Crippen LogP contribution in [0.25, 0.3) is 10.9 Å². The van der Waals surface area contributed by atoms with Crippen LogP contribution < -0.4 is 4.73 Å². The van der Waals surface area contributed by atoms with Gasteiger partial charge in [-0.2, -0.15) is 9.12 Å². The van der Waals surface area contributed by atoms with Gasteiger partial charge in [0.05, 0.1) is 4.92 Å². The van der Waals surface area contributed by atoms with Gasteiger partial charge in [-0.15, -0.1) is 0 Å². The zero-order valence-electron chi connectivity index (χ0n) is 7.38. The number of rotatable bonds is 1. The number of benzene rings is 1. The van der Waals surface area contributed by atoms with Crippen LogP contribution >= 0.6 is 0 Å². The maximum absolute atomic E-state index is 13.2. The number of nitro benzene ring substituents is 1. The van der Waals surface area contributed by atoms with Gasteiger partial charge in [0.2, 0.25) is 0 Å². The molecule has 76 valence electrons. The second kappa shape index (κ2) is 3.16. The number of nitro groups is 1. The van der Waals surface area contributed by atoms with E-state index in [1.807, 2.05) is 0 Å². The molecule has 6 heteroatoms. The standard InChI is InChI=1S/C9H5FN2O3/c10-7-3-4-8(12(14)15)6-2-1-5-11(13)9(6)7/h1-5H. The molecule has 1 heterocycles. The van der Waals surface area contributed by atoms with Gasteiger partial charge >= 0.3 is 0 Å². The Morgan fingerprint density at radius 2 is 2.07 bits per heavy atom. The Morgan fingerprint density at radius 1 is 1.33 bits per heavy atom. The van der Waals surface area contributed by atoms with Crippen LogP contribution in [-0.2, 0) is 0 Å². The van der Waals surface area contributed by atoms with E-state index >= 15 is 0 Å². The Morgan fingerprint density at radius 3 is 2.73 bits per heavy atom. The molecule has 0 unspecified atom stereocenters. The van der Waals surface area contributed by atoms with Crippen molar-refractivity contribution in [2.75, 3.05) is 0 Å². The fourth-order valence-electron chi connectivity index (χ4n) is 1.41. The van der Waals surface area contributed by atoms with Gasteiger partial charge in [-0.1, -0.05) is 0 Å². The van der Waals surface area contributed by atoms with Crippen LogP contribution in [-0.4, -0.2) is 4.92 Å². The van der Waals surface area contributed by atoms with Crippen molar-refractivity contribution >= 4 is 16.6 Å². The van der Waals surface area contributed by atoms with Gasteiger partial charge in [-0.3, -0.25) is 10.1 Å². The smallest absolute Gasteiger partial charge is 0.283 e. The monoisotopic (exact) mass is 208 g/mol. The number of nitrogens with zero attached hydrogens (tertiary/aromatic N) is 2. The molecular formula is C9H5FN2O3. The molecule has 1 aromatic carbocycles. The SMILES string of the molecule is O=[N+]([O-])c1ccc(F)c2c1ccc[n+]2[O-]. The summed E-state index contributed by atoms with van der Waals surface area (Å²) in [6, 6.07) is 4.62. The minimum Gasteiger partial charge on any atom is -0.618 e. The van der Waals surface area contributed by atoms with Crippen LogP contribution in [0, 0.1) is 21.1 Å². The van der Waals surface area contributed by atoms with Crippen LogP contribution in [0.3, 0.4) is 0 Å². The summed E-state index contributed by atoms with van der Waals surface area (Å²) in [6.45, 7) is 0. The third-order valence-electron chi connectivity index (χ3n) is 2.05. The molecule has 0 saturated carbocycles. The number of hydrogen-bond donors (Lipinski definition) is 0. The Hall–Kier alpha value is -2.24. The molecule has 0 atom stereocenters. The van der Waals surface area contributed by atoms with Gasteiger partial charge < -0.3 is 5.21 Å². The highest BCUT2D eigenvalue weighted by molar-refractivity contribution is 5.85. The summed E-state index contributed by atoms with van der Waals surface area (Å²) < 4.78 is 13.5. The molecule has 0 saturated heterocycles. The van der Waals surface area contributed by atoms with Crippen molar-refractivity contribution in [3.05, 3.63) is 51.6 Å². The zero-order valence-corrected chi connectivity index (χ0v) is 7.38. The summed E-state index contributed by atoms with van der Waals surface area (Å²) >= 11 is 0. The fraction of sp³-hybridized carbons (Fsp3) is 0. The molecule has 0 aliphatic heterocycles. The van der Waals surface area contributed by atoms with Gasteiger partial charge in [-0.25, -0.2) is 0 Å². The highest BCUT2D eigenvalue weighted by Crippen LogP contribution is 2.24. The van der Waals surface area contributed by atoms with Crippen molar-refractivity contribution in [2.24, 2.45) is 0 Å². The third kappa shape index (κ3) is 1.35. The first-order valence-corrected chi connectivity index (χ1v) is 4.06. The molecule has 15 heavy (non-hydrogen) atoms. The summed E-state index contributed by atoms with van der Waals surface area (Å²) in [4.78, 5) is 9.96. The lowest BCUT2D eigenvalue weighted by molar-refractivity contribution is -0.578. The van der Waals surface area contributed by atoms with E-state index in [2.05, 4.69) is 0 Å². The van der Waals surface area contributed by atoms with Crippen molar-refractivity contribution in [3.63, 3.8) is 0 Å². The first-order chi connectivity index (χ1) is 7.11. The summed E-state index contributed by atoms with van der Waals surface area (Å²) in [5.41, 5.74) is -0.594. The van der Waals surface area contributed by atoms with E-state index in [4.69, 9.17) is 0 Å². The third-order valence-corrected chi connectivity index (χ3v) is 2.05. The van der Waals surface area contributed by atoms with Crippen molar-refractivity contribution in [1.29, 1.82) is 0 Å². The van der Waals surface area contributed by atoms with Crippen molar-refractivity contribution < 1.29 is 14.0 Å². The largest absolute Gasteiger partial charge is 0.618 e. The van der Waals surface area contributed by atoms with Crippen LogP contribution in [0.4, 0.5) is 10.1 Å². The Labute approximate surface area is 83.1 Å². The van der Waals surface area contributed by atoms with E-state index in [0.29, 0.717) is 0 Å². The molecule has 0 aliphatic carbocycles. The Bertz CT molecular complexity index is 548. The summed E-state index contributed by atoms with van der Waals surface area (Å²) in [5, 5.41) is 21.8. The maximum atomic E-state index is 13.2. The molecule has 0 N–H and O–H groups in total. The van der Waals surface area contributed by atoms with Gasteiger partial charge in [0.15, 0.2) is 12.0 Å². The molecule has 5 nitrogen and oxygen atoms in total.